The molecule has 198 valence electrons. The van der Waals surface area contributed by atoms with Gasteiger partial charge in [-0.05, 0) is 43.2 Å². The summed E-state index contributed by atoms with van der Waals surface area (Å²) in [5.74, 6) is 1.01. The number of aliphatic hydroxyl groups excluding tert-OH is 1. The summed E-state index contributed by atoms with van der Waals surface area (Å²) in [4.78, 5) is 13.5. The molecule has 1 fully saturated rings. The van der Waals surface area contributed by atoms with Gasteiger partial charge in [0.05, 0.1) is 0 Å². The van der Waals surface area contributed by atoms with Gasteiger partial charge in [0.15, 0.2) is 5.96 Å². The van der Waals surface area contributed by atoms with Crippen molar-refractivity contribution < 1.29 is 9.90 Å². The molecule has 0 aromatic heterocycles. The van der Waals surface area contributed by atoms with Crippen LogP contribution in [-0.2, 0) is 13.1 Å². The maximum Gasteiger partial charge on any atom is 0.315 e. The Morgan fingerprint density at radius 3 is 2.34 bits per heavy atom. The van der Waals surface area contributed by atoms with Gasteiger partial charge in [-0.15, -0.1) is 0 Å². The predicted molar refractivity (Wildman–Crippen MR) is 144 cm³/mol. The van der Waals surface area contributed by atoms with E-state index in [1.54, 1.807) is 4.90 Å². The lowest BCUT2D eigenvalue weighted by molar-refractivity contribution is 0.152. The highest BCUT2D eigenvalue weighted by Crippen LogP contribution is 2.33. The number of carbonyl (C=O) groups is 1. The first-order valence-electron chi connectivity index (χ1n) is 13.7. The van der Waals surface area contributed by atoms with Crippen molar-refractivity contribution >= 4 is 12.0 Å². The molecule has 0 radical (unpaired) electrons. The molecule has 5 N–H and O–H groups in total. The van der Waals surface area contributed by atoms with E-state index in [9.17, 15) is 9.90 Å². The quantitative estimate of drug-likeness (QED) is 0.104. The molecule has 1 aliphatic rings. The highest BCUT2D eigenvalue weighted by atomic mass is 16.3. The van der Waals surface area contributed by atoms with E-state index in [0.717, 1.165) is 55.6 Å². The van der Waals surface area contributed by atoms with Crippen LogP contribution >= 0.6 is 0 Å². The molecule has 2 rings (SSSR count). The first-order valence-corrected chi connectivity index (χ1v) is 13.7. The van der Waals surface area contributed by atoms with Crippen molar-refractivity contribution in [2.75, 3.05) is 13.3 Å². The van der Waals surface area contributed by atoms with E-state index in [4.69, 9.17) is 5.41 Å². The smallest absolute Gasteiger partial charge is 0.315 e. The number of benzene rings is 1. The van der Waals surface area contributed by atoms with E-state index in [-0.39, 0.29) is 24.3 Å². The zero-order valence-electron chi connectivity index (χ0n) is 22.3. The van der Waals surface area contributed by atoms with E-state index >= 15 is 0 Å². The first-order chi connectivity index (χ1) is 16.9. The first kappa shape index (κ1) is 29.0. The lowest BCUT2D eigenvalue weighted by Gasteiger charge is -2.38. The number of carbonyl (C=O) groups excluding carboxylic acids is 1. The number of hydrogen-bond acceptors (Lipinski definition) is 3. The molecule has 1 aliphatic carbocycles. The minimum absolute atomic E-state index is 0.129. The van der Waals surface area contributed by atoms with Crippen molar-refractivity contribution in [1.82, 2.24) is 20.9 Å². The molecule has 0 bridgehead atoms. The monoisotopic (exact) mass is 487 g/mol. The van der Waals surface area contributed by atoms with Crippen LogP contribution in [-0.4, -0.2) is 40.8 Å². The average molecular weight is 488 g/mol. The number of unbranched alkanes of at least 4 members (excludes halogenated alkanes) is 2. The molecule has 0 saturated heterocycles. The van der Waals surface area contributed by atoms with Crippen LogP contribution in [0.1, 0.15) is 103 Å². The molecule has 35 heavy (non-hydrogen) atoms. The summed E-state index contributed by atoms with van der Waals surface area (Å²) in [6, 6.07) is 7.83. The van der Waals surface area contributed by atoms with Crippen LogP contribution < -0.4 is 16.0 Å². The summed E-state index contributed by atoms with van der Waals surface area (Å²) < 4.78 is 0. The molecule has 1 unspecified atom stereocenters. The molecule has 1 aromatic carbocycles. The number of urea groups is 1. The fraction of sp³-hybridized carbons (Fsp3) is 0.714. The average Bonchev–Trinajstić information content (AvgIpc) is 2.86. The maximum atomic E-state index is 11.8. The highest BCUT2D eigenvalue weighted by molar-refractivity contribution is 5.77. The second-order valence-electron chi connectivity index (χ2n) is 10.5. The maximum absolute atomic E-state index is 11.8. The number of rotatable bonds is 14. The van der Waals surface area contributed by atoms with Crippen LogP contribution in [0.5, 0.6) is 0 Å². The van der Waals surface area contributed by atoms with Gasteiger partial charge in [-0.2, -0.15) is 0 Å². The number of nitrogens with zero attached hydrogens (tertiary/aromatic N) is 1. The Kier molecular flexibility index (Phi) is 13.0. The molecule has 7 heteroatoms. The predicted octanol–water partition coefficient (Wildman–Crippen LogP) is 5.48. The zero-order valence-corrected chi connectivity index (χ0v) is 22.3. The van der Waals surface area contributed by atoms with Gasteiger partial charge < -0.3 is 26.0 Å². The third kappa shape index (κ3) is 10.9. The number of guanidine groups is 1. The van der Waals surface area contributed by atoms with Gasteiger partial charge >= 0.3 is 6.03 Å². The molecule has 0 aliphatic heterocycles. The third-order valence-electron chi connectivity index (χ3n) is 7.12. The molecular weight excluding hydrogens is 438 g/mol. The molecule has 7 nitrogen and oxygen atoms in total. The van der Waals surface area contributed by atoms with Crippen molar-refractivity contribution in [2.24, 2.45) is 5.92 Å². The van der Waals surface area contributed by atoms with Crippen LogP contribution in [0.4, 0.5) is 4.79 Å². The third-order valence-corrected chi connectivity index (χ3v) is 7.12. The number of nitrogens with one attached hydrogen (secondary N) is 4. The van der Waals surface area contributed by atoms with E-state index in [1.165, 1.54) is 32.1 Å². The van der Waals surface area contributed by atoms with Crippen molar-refractivity contribution in [3.8, 4) is 0 Å². The van der Waals surface area contributed by atoms with Crippen LogP contribution in [0.15, 0.2) is 24.3 Å². The number of hydrogen-bond donors (Lipinski definition) is 5. The lowest BCUT2D eigenvalue weighted by atomic mass is 9.78. The standard InChI is InChI=1S/C28H49N5O2/c1-4-6-17-28(3,19-23-11-9-8-10-12-23)32-26(29)33(22-34)21-25-15-13-24(14-16-25)20-31-27(35)30-18-7-5-2/h13-16,23,34H,4-12,17-22H2,1-3H3,(H2,29,32)(H2,30,31,35). The Morgan fingerprint density at radius 1 is 1.06 bits per heavy atom. The zero-order chi connectivity index (χ0) is 25.5. The van der Waals surface area contributed by atoms with Gasteiger partial charge in [-0.25, -0.2) is 4.79 Å². The number of amides is 2. The van der Waals surface area contributed by atoms with E-state index < -0.39 is 0 Å². The van der Waals surface area contributed by atoms with Crippen molar-refractivity contribution in [3.63, 3.8) is 0 Å². The van der Waals surface area contributed by atoms with E-state index in [0.29, 0.717) is 19.6 Å². The molecule has 0 heterocycles. The second kappa shape index (κ2) is 15.7. The highest BCUT2D eigenvalue weighted by Gasteiger charge is 2.30. The minimum Gasteiger partial charge on any atom is -0.376 e. The molecule has 1 saturated carbocycles. The normalized spacial score (nSPS) is 15.8. The van der Waals surface area contributed by atoms with Crippen LogP contribution in [0.2, 0.25) is 0 Å². The Hall–Kier alpha value is -2.28. The molecule has 2 amide bonds. The summed E-state index contributed by atoms with van der Waals surface area (Å²) >= 11 is 0. The number of aliphatic hydroxyl groups is 1. The molecule has 1 atom stereocenters. The Bertz CT molecular complexity index is 748. The molecule has 1 aromatic rings. The van der Waals surface area contributed by atoms with Crippen molar-refractivity contribution in [3.05, 3.63) is 35.4 Å². The molecular formula is C28H49N5O2. The minimum atomic E-state index is -0.208. The summed E-state index contributed by atoms with van der Waals surface area (Å²) in [5.41, 5.74) is 1.91. The van der Waals surface area contributed by atoms with Gasteiger partial charge in [0.2, 0.25) is 0 Å². The van der Waals surface area contributed by atoms with Gasteiger partial charge in [0, 0.05) is 25.2 Å². The largest absolute Gasteiger partial charge is 0.376 e. The second-order valence-corrected chi connectivity index (χ2v) is 10.5. The SMILES string of the molecule is CCCCNC(=O)NCc1ccc(CN(CO)C(=N)NC(C)(CCCC)CC2CCCCC2)cc1. The van der Waals surface area contributed by atoms with Crippen LogP contribution in [0.3, 0.4) is 0 Å². The van der Waals surface area contributed by atoms with Crippen molar-refractivity contribution in [1.29, 1.82) is 5.41 Å². The Morgan fingerprint density at radius 2 is 1.71 bits per heavy atom. The van der Waals surface area contributed by atoms with Gasteiger partial charge in [-0.3, -0.25) is 5.41 Å². The summed E-state index contributed by atoms with van der Waals surface area (Å²) in [6.45, 7) is 7.97. The summed E-state index contributed by atoms with van der Waals surface area (Å²) in [5, 5.41) is 28.0. The Labute approximate surface area is 213 Å². The van der Waals surface area contributed by atoms with E-state index in [2.05, 4.69) is 36.7 Å². The van der Waals surface area contributed by atoms with Crippen LogP contribution in [0.25, 0.3) is 0 Å². The fourth-order valence-electron chi connectivity index (χ4n) is 4.98. The van der Waals surface area contributed by atoms with Gasteiger partial charge in [0.25, 0.3) is 0 Å². The van der Waals surface area contributed by atoms with E-state index in [1.807, 2.05) is 24.3 Å². The molecule has 0 spiro atoms. The lowest BCUT2D eigenvalue weighted by Crippen LogP contribution is -2.53. The fourth-order valence-corrected chi connectivity index (χ4v) is 4.98. The summed E-state index contributed by atoms with van der Waals surface area (Å²) in [6.07, 6.45) is 13.0. The van der Waals surface area contributed by atoms with Gasteiger partial charge in [0.1, 0.15) is 6.73 Å². The van der Waals surface area contributed by atoms with Crippen LogP contribution in [0, 0.1) is 11.3 Å². The van der Waals surface area contributed by atoms with Gasteiger partial charge in [-0.1, -0.05) is 89.5 Å². The Balaban J connectivity index is 1.90. The topological polar surface area (TPSA) is 100 Å². The summed E-state index contributed by atoms with van der Waals surface area (Å²) in [7, 11) is 0. The van der Waals surface area contributed by atoms with Crippen molar-refractivity contribution in [2.45, 2.75) is 110 Å².